The number of fused-ring (bicyclic) bond motifs is 1. The number of anilines is 1. The topological polar surface area (TPSA) is 80.3 Å². The predicted octanol–water partition coefficient (Wildman–Crippen LogP) is 3.90. The van der Waals surface area contributed by atoms with Crippen LogP contribution < -0.4 is 15.4 Å². The van der Waals surface area contributed by atoms with Crippen LogP contribution in [0, 0.1) is 0 Å². The third-order valence-corrected chi connectivity index (χ3v) is 5.12. The van der Waals surface area contributed by atoms with E-state index in [4.69, 9.17) is 4.74 Å². The number of amides is 2. The first-order valence-electron chi connectivity index (χ1n) is 9.16. The van der Waals surface area contributed by atoms with E-state index < -0.39 is 0 Å². The zero-order chi connectivity index (χ0) is 19.9. The number of rotatable bonds is 8. The van der Waals surface area contributed by atoms with E-state index in [9.17, 15) is 9.59 Å². The predicted molar refractivity (Wildman–Crippen MR) is 112 cm³/mol. The Labute approximate surface area is 167 Å². The van der Waals surface area contributed by atoms with Crippen LogP contribution in [0.1, 0.15) is 30.9 Å². The minimum Gasteiger partial charge on any atom is -0.497 e. The first-order chi connectivity index (χ1) is 13.6. The highest BCUT2D eigenvalue weighted by Crippen LogP contribution is 2.27. The van der Waals surface area contributed by atoms with Gasteiger partial charge in [0.05, 0.1) is 23.7 Å². The molecule has 0 aliphatic heterocycles. The van der Waals surface area contributed by atoms with E-state index in [1.165, 1.54) is 11.3 Å². The van der Waals surface area contributed by atoms with Crippen molar-refractivity contribution in [3.8, 4) is 5.75 Å². The Morgan fingerprint density at radius 3 is 2.54 bits per heavy atom. The van der Waals surface area contributed by atoms with Crippen molar-refractivity contribution in [2.24, 2.45) is 0 Å². The molecule has 6 nitrogen and oxygen atoms in total. The molecule has 2 N–H and O–H groups in total. The fourth-order valence-corrected chi connectivity index (χ4v) is 3.68. The maximum absolute atomic E-state index is 12.3. The van der Waals surface area contributed by atoms with Gasteiger partial charge in [0.25, 0.3) is 0 Å². The third-order valence-electron chi connectivity index (χ3n) is 4.19. The number of hydrogen-bond acceptors (Lipinski definition) is 5. The second kappa shape index (κ2) is 9.32. The molecule has 1 aromatic heterocycles. The van der Waals surface area contributed by atoms with Gasteiger partial charge in [-0.15, -0.1) is 0 Å². The number of ether oxygens (including phenoxy) is 1. The van der Waals surface area contributed by atoms with Crippen molar-refractivity contribution in [3.63, 3.8) is 0 Å². The summed E-state index contributed by atoms with van der Waals surface area (Å²) in [5.41, 5.74) is 2.74. The molecule has 0 bridgehead atoms. The van der Waals surface area contributed by atoms with Crippen molar-refractivity contribution in [1.29, 1.82) is 0 Å². The number of benzene rings is 2. The second-order valence-electron chi connectivity index (χ2n) is 6.42. The van der Waals surface area contributed by atoms with Gasteiger partial charge in [0.15, 0.2) is 5.13 Å². The van der Waals surface area contributed by atoms with Gasteiger partial charge in [0.1, 0.15) is 5.75 Å². The third kappa shape index (κ3) is 5.29. The van der Waals surface area contributed by atoms with Crippen LogP contribution in [0.25, 0.3) is 10.2 Å². The number of aromatic nitrogens is 1. The quantitative estimate of drug-likeness (QED) is 0.604. The van der Waals surface area contributed by atoms with E-state index in [1.54, 1.807) is 7.11 Å². The van der Waals surface area contributed by atoms with Gasteiger partial charge in [-0.3, -0.25) is 9.59 Å². The van der Waals surface area contributed by atoms with E-state index in [0.29, 0.717) is 24.5 Å². The Kier molecular flexibility index (Phi) is 6.60. The molecular formula is C21H23N3O3S. The molecule has 7 heteroatoms. The minimum absolute atomic E-state index is 0.0281. The molecule has 1 heterocycles. The summed E-state index contributed by atoms with van der Waals surface area (Å²) in [6.07, 6.45) is 1.57. The van der Waals surface area contributed by atoms with Crippen molar-refractivity contribution in [3.05, 3.63) is 53.6 Å². The highest BCUT2D eigenvalue weighted by Gasteiger charge is 2.10. The van der Waals surface area contributed by atoms with Crippen molar-refractivity contribution < 1.29 is 14.3 Å². The van der Waals surface area contributed by atoms with Gasteiger partial charge < -0.3 is 15.4 Å². The molecule has 3 rings (SSSR count). The zero-order valence-corrected chi connectivity index (χ0v) is 16.8. The van der Waals surface area contributed by atoms with E-state index in [2.05, 4.69) is 15.6 Å². The van der Waals surface area contributed by atoms with E-state index in [0.717, 1.165) is 33.5 Å². The fourth-order valence-electron chi connectivity index (χ4n) is 2.73. The van der Waals surface area contributed by atoms with E-state index in [-0.39, 0.29) is 11.8 Å². The Morgan fingerprint density at radius 1 is 1.07 bits per heavy atom. The van der Waals surface area contributed by atoms with Gasteiger partial charge in [0, 0.05) is 13.0 Å². The van der Waals surface area contributed by atoms with Crippen molar-refractivity contribution in [2.75, 3.05) is 12.4 Å². The SMILES string of the molecule is CCCC(=O)Nc1nc2ccc(CC(=O)NCc3ccc(OC)cc3)cc2s1. The lowest BCUT2D eigenvalue weighted by molar-refractivity contribution is -0.120. The molecule has 3 aromatic rings. The average Bonchev–Trinajstić information content (AvgIpc) is 3.08. The lowest BCUT2D eigenvalue weighted by atomic mass is 10.1. The standard InChI is InChI=1S/C21H23N3O3S/c1-3-4-19(25)24-21-23-17-10-7-15(11-18(17)28-21)12-20(26)22-13-14-5-8-16(27-2)9-6-14/h5-11H,3-4,12-13H2,1-2H3,(H,22,26)(H,23,24,25). The first kappa shape index (κ1) is 19.8. The van der Waals surface area contributed by atoms with Crippen LogP contribution in [0.5, 0.6) is 5.75 Å². The molecule has 0 saturated carbocycles. The number of nitrogens with one attached hydrogen (secondary N) is 2. The smallest absolute Gasteiger partial charge is 0.226 e. The molecule has 0 aliphatic rings. The number of carbonyl (C=O) groups excluding carboxylic acids is 2. The molecule has 2 amide bonds. The summed E-state index contributed by atoms with van der Waals surface area (Å²) in [6, 6.07) is 13.3. The zero-order valence-electron chi connectivity index (χ0n) is 16.0. The number of carbonyl (C=O) groups is 2. The molecule has 0 aliphatic carbocycles. The van der Waals surface area contributed by atoms with Gasteiger partial charge in [-0.25, -0.2) is 4.98 Å². The van der Waals surface area contributed by atoms with Crippen LogP contribution in [0.2, 0.25) is 0 Å². The number of thiazole rings is 1. The average molecular weight is 398 g/mol. The molecule has 2 aromatic carbocycles. The molecule has 0 atom stereocenters. The second-order valence-corrected chi connectivity index (χ2v) is 7.45. The molecule has 0 spiro atoms. The van der Waals surface area contributed by atoms with E-state index in [1.807, 2.05) is 49.4 Å². The highest BCUT2D eigenvalue weighted by atomic mass is 32.1. The summed E-state index contributed by atoms with van der Waals surface area (Å²) >= 11 is 1.42. The highest BCUT2D eigenvalue weighted by molar-refractivity contribution is 7.22. The van der Waals surface area contributed by atoms with Crippen LogP contribution in [0.15, 0.2) is 42.5 Å². The van der Waals surface area contributed by atoms with Crippen LogP contribution in [-0.2, 0) is 22.6 Å². The molecule has 0 saturated heterocycles. The number of hydrogen-bond donors (Lipinski definition) is 2. The van der Waals surface area contributed by atoms with Gasteiger partial charge >= 0.3 is 0 Å². The lowest BCUT2D eigenvalue weighted by Gasteiger charge is -2.06. The van der Waals surface area contributed by atoms with E-state index >= 15 is 0 Å². The van der Waals surface area contributed by atoms with Gasteiger partial charge in [-0.05, 0) is 41.8 Å². The van der Waals surface area contributed by atoms with Crippen LogP contribution >= 0.6 is 11.3 Å². The van der Waals surface area contributed by atoms with Crippen molar-refractivity contribution in [2.45, 2.75) is 32.7 Å². The van der Waals surface area contributed by atoms with Crippen LogP contribution in [0.3, 0.4) is 0 Å². The summed E-state index contributed by atoms with van der Waals surface area (Å²) in [5, 5.41) is 6.34. The molecule has 0 radical (unpaired) electrons. The van der Waals surface area contributed by atoms with Gasteiger partial charge in [-0.1, -0.05) is 36.5 Å². The maximum atomic E-state index is 12.3. The Morgan fingerprint density at radius 2 is 1.82 bits per heavy atom. The molecular weight excluding hydrogens is 374 g/mol. The summed E-state index contributed by atoms with van der Waals surface area (Å²) in [7, 11) is 1.62. The Balaban J connectivity index is 1.58. The Hall–Kier alpha value is -2.93. The van der Waals surface area contributed by atoms with Crippen LogP contribution in [0.4, 0.5) is 5.13 Å². The monoisotopic (exact) mass is 397 g/mol. The molecule has 0 unspecified atom stereocenters. The largest absolute Gasteiger partial charge is 0.497 e. The van der Waals surface area contributed by atoms with Crippen molar-refractivity contribution >= 4 is 38.5 Å². The lowest BCUT2D eigenvalue weighted by Crippen LogP contribution is -2.24. The summed E-state index contributed by atoms with van der Waals surface area (Å²) in [5.74, 6) is 0.717. The maximum Gasteiger partial charge on any atom is 0.226 e. The summed E-state index contributed by atoms with van der Waals surface area (Å²) in [6.45, 7) is 2.43. The van der Waals surface area contributed by atoms with Crippen LogP contribution in [-0.4, -0.2) is 23.9 Å². The van der Waals surface area contributed by atoms with Crippen molar-refractivity contribution in [1.82, 2.24) is 10.3 Å². The number of methoxy groups -OCH3 is 1. The first-order valence-corrected chi connectivity index (χ1v) is 9.98. The van der Waals surface area contributed by atoms with Gasteiger partial charge in [-0.2, -0.15) is 0 Å². The van der Waals surface area contributed by atoms with Gasteiger partial charge in [0.2, 0.25) is 11.8 Å². The summed E-state index contributed by atoms with van der Waals surface area (Å²) in [4.78, 5) is 28.4. The molecule has 28 heavy (non-hydrogen) atoms. The minimum atomic E-state index is -0.0452. The Bertz CT molecular complexity index is 967. The normalized spacial score (nSPS) is 10.6. The summed E-state index contributed by atoms with van der Waals surface area (Å²) < 4.78 is 6.08. The molecule has 146 valence electrons. The number of nitrogens with zero attached hydrogens (tertiary/aromatic N) is 1. The fraction of sp³-hybridized carbons (Fsp3) is 0.286. The molecule has 0 fully saturated rings.